The van der Waals surface area contributed by atoms with Gasteiger partial charge in [0.25, 0.3) is 0 Å². The maximum atomic E-state index is 10.6. The molecule has 2 unspecified atom stereocenters. The van der Waals surface area contributed by atoms with Crippen molar-refractivity contribution in [2.75, 3.05) is 7.05 Å². The molecule has 0 saturated heterocycles. The number of rotatable bonds is 5. The monoisotopic (exact) mass is 205 g/mol. The van der Waals surface area contributed by atoms with Crippen LogP contribution in [0.25, 0.3) is 0 Å². The van der Waals surface area contributed by atoms with Gasteiger partial charge in [0, 0.05) is 12.0 Å². The van der Waals surface area contributed by atoms with Gasteiger partial charge in [-0.05, 0) is 31.5 Å². The Balaban J connectivity index is 2.68. The van der Waals surface area contributed by atoms with Gasteiger partial charge in [0.1, 0.15) is 6.29 Å². The highest BCUT2D eigenvalue weighted by Gasteiger charge is 2.04. The van der Waals surface area contributed by atoms with Crippen LogP contribution in [0.2, 0.25) is 0 Å². The summed E-state index contributed by atoms with van der Waals surface area (Å²) in [5.41, 5.74) is 2.39. The maximum Gasteiger partial charge on any atom is 0.127 e. The van der Waals surface area contributed by atoms with E-state index in [1.165, 1.54) is 5.56 Å². The topological polar surface area (TPSA) is 29.1 Å². The third-order valence-corrected chi connectivity index (χ3v) is 2.74. The van der Waals surface area contributed by atoms with Crippen molar-refractivity contribution in [3.05, 3.63) is 35.4 Å². The molecule has 0 aliphatic carbocycles. The van der Waals surface area contributed by atoms with E-state index in [1.807, 2.05) is 26.1 Å². The van der Waals surface area contributed by atoms with E-state index in [2.05, 4.69) is 24.4 Å². The molecule has 1 aromatic rings. The van der Waals surface area contributed by atoms with Crippen LogP contribution in [0.5, 0.6) is 0 Å². The Hall–Kier alpha value is -1.15. The number of nitrogens with one attached hydrogen (secondary N) is 1. The number of hydrogen-bond donors (Lipinski definition) is 1. The lowest BCUT2D eigenvalue weighted by molar-refractivity contribution is -0.108. The number of hydrogen-bond acceptors (Lipinski definition) is 2. The standard InChI is InChI=1S/C13H19NO/c1-10(9-15)13-6-4-12(5-7-13)8-11(2)14-3/h4-7,9-11,14H,8H2,1-3H3. The zero-order chi connectivity index (χ0) is 11.3. The van der Waals surface area contributed by atoms with Crippen molar-refractivity contribution in [2.45, 2.75) is 32.2 Å². The van der Waals surface area contributed by atoms with Crippen molar-refractivity contribution in [1.82, 2.24) is 5.32 Å². The molecular formula is C13H19NO. The molecule has 0 bridgehead atoms. The predicted octanol–water partition coefficient (Wildman–Crippen LogP) is 2.14. The first kappa shape index (κ1) is 11.9. The number of benzene rings is 1. The second-order valence-electron chi connectivity index (χ2n) is 4.06. The first-order valence-electron chi connectivity index (χ1n) is 5.38. The van der Waals surface area contributed by atoms with Gasteiger partial charge in [-0.15, -0.1) is 0 Å². The Morgan fingerprint density at radius 3 is 2.33 bits per heavy atom. The van der Waals surface area contributed by atoms with Crippen LogP contribution in [-0.2, 0) is 11.2 Å². The molecule has 0 heterocycles. The fourth-order valence-electron chi connectivity index (χ4n) is 1.49. The van der Waals surface area contributed by atoms with Gasteiger partial charge in [0.2, 0.25) is 0 Å². The second-order valence-corrected chi connectivity index (χ2v) is 4.06. The number of carbonyl (C=O) groups excluding carboxylic acids is 1. The van der Waals surface area contributed by atoms with Gasteiger partial charge < -0.3 is 10.1 Å². The van der Waals surface area contributed by atoms with Crippen LogP contribution < -0.4 is 5.32 Å². The summed E-state index contributed by atoms with van der Waals surface area (Å²) in [6.07, 6.45) is 2.00. The lowest BCUT2D eigenvalue weighted by Gasteiger charge is -2.11. The number of carbonyl (C=O) groups is 1. The van der Waals surface area contributed by atoms with E-state index in [4.69, 9.17) is 0 Å². The highest BCUT2D eigenvalue weighted by Crippen LogP contribution is 2.14. The third-order valence-electron chi connectivity index (χ3n) is 2.74. The molecule has 0 fully saturated rings. The molecule has 0 aliphatic rings. The van der Waals surface area contributed by atoms with Crippen LogP contribution in [0, 0.1) is 0 Å². The molecule has 1 N–H and O–H groups in total. The summed E-state index contributed by atoms with van der Waals surface area (Å²) in [6.45, 7) is 4.07. The molecule has 15 heavy (non-hydrogen) atoms. The Kier molecular flexibility index (Phi) is 4.50. The van der Waals surface area contributed by atoms with Crippen molar-refractivity contribution < 1.29 is 4.79 Å². The zero-order valence-electron chi connectivity index (χ0n) is 9.66. The van der Waals surface area contributed by atoms with E-state index < -0.39 is 0 Å². The fraction of sp³-hybridized carbons (Fsp3) is 0.462. The number of aldehydes is 1. The quantitative estimate of drug-likeness (QED) is 0.746. The summed E-state index contributed by atoms with van der Waals surface area (Å²) in [6, 6.07) is 8.76. The molecular weight excluding hydrogens is 186 g/mol. The molecule has 1 aromatic carbocycles. The first-order valence-corrected chi connectivity index (χ1v) is 5.38. The maximum absolute atomic E-state index is 10.6. The summed E-state index contributed by atoms with van der Waals surface area (Å²) in [7, 11) is 1.97. The molecule has 0 spiro atoms. The average Bonchev–Trinajstić information content (AvgIpc) is 2.29. The first-order chi connectivity index (χ1) is 7.17. The molecule has 82 valence electrons. The molecule has 1 rings (SSSR count). The Labute approximate surface area is 91.7 Å². The van der Waals surface area contributed by atoms with Gasteiger partial charge in [-0.2, -0.15) is 0 Å². The largest absolute Gasteiger partial charge is 0.317 e. The van der Waals surface area contributed by atoms with Crippen LogP contribution in [-0.4, -0.2) is 19.4 Å². The van der Waals surface area contributed by atoms with Crippen molar-refractivity contribution in [3.8, 4) is 0 Å². The molecule has 0 amide bonds. The van der Waals surface area contributed by atoms with Crippen LogP contribution in [0.4, 0.5) is 0 Å². The molecule has 0 saturated carbocycles. The van der Waals surface area contributed by atoms with Gasteiger partial charge in [-0.3, -0.25) is 0 Å². The molecule has 0 aliphatic heterocycles. The summed E-state index contributed by atoms with van der Waals surface area (Å²) in [5.74, 6) is 0.000716. The average molecular weight is 205 g/mol. The van der Waals surface area contributed by atoms with Crippen molar-refractivity contribution in [2.24, 2.45) is 0 Å². The summed E-state index contributed by atoms with van der Waals surface area (Å²) >= 11 is 0. The van der Waals surface area contributed by atoms with Crippen LogP contribution in [0.3, 0.4) is 0 Å². The van der Waals surface area contributed by atoms with E-state index in [9.17, 15) is 4.79 Å². The fourth-order valence-corrected chi connectivity index (χ4v) is 1.49. The van der Waals surface area contributed by atoms with Gasteiger partial charge in [0.05, 0.1) is 0 Å². The minimum atomic E-state index is 0.000716. The van der Waals surface area contributed by atoms with Crippen LogP contribution in [0.15, 0.2) is 24.3 Å². The SMILES string of the molecule is CNC(C)Cc1ccc(C(C)C=O)cc1. The van der Waals surface area contributed by atoms with E-state index >= 15 is 0 Å². The van der Waals surface area contributed by atoms with Crippen LogP contribution >= 0.6 is 0 Å². The minimum absolute atomic E-state index is 0.000716. The van der Waals surface area contributed by atoms with Gasteiger partial charge >= 0.3 is 0 Å². The summed E-state index contributed by atoms with van der Waals surface area (Å²) < 4.78 is 0. The normalized spacial score (nSPS) is 14.6. The Bertz CT molecular complexity index is 305. The highest BCUT2D eigenvalue weighted by atomic mass is 16.1. The Morgan fingerprint density at radius 1 is 1.27 bits per heavy atom. The lowest BCUT2D eigenvalue weighted by atomic mass is 9.99. The van der Waals surface area contributed by atoms with E-state index in [1.54, 1.807) is 0 Å². The Morgan fingerprint density at radius 2 is 1.87 bits per heavy atom. The van der Waals surface area contributed by atoms with Gasteiger partial charge in [-0.25, -0.2) is 0 Å². The van der Waals surface area contributed by atoms with E-state index in [0.717, 1.165) is 18.3 Å². The molecule has 2 nitrogen and oxygen atoms in total. The lowest BCUT2D eigenvalue weighted by Crippen LogP contribution is -2.23. The van der Waals surface area contributed by atoms with Gasteiger partial charge in [0.15, 0.2) is 0 Å². The van der Waals surface area contributed by atoms with E-state index in [0.29, 0.717) is 6.04 Å². The molecule has 0 aromatic heterocycles. The third kappa shape index (κ3) is 3.48. The summed E-state index contributed by atoms with van der Waals surface area (Å²) in [4.78, 5) is 10.6. The summed E-state index contributed by atoms with van der Waals surface area (Å²) in [5, 5.41) is 3.21. The second kappa shape index (κ2) is 5.66. The van der Waals surface area contributed by atoms with Crippen molar-refractivity contribution >= 4 is 6.29 Å². The van der Waals surface area contributed by atoms with Crippen LogP contribution in [0.1, 0.15) is 30.9 Å². The molecule has 0 radical (unpaired) electrons. The zero-order valence-corrected chi connectivity index (χ0v) is 9.66. The minimum Gasteiger partial charge on any atom is -0.317 e. The smallest absolute Gasteiger partial charge is 0.127 e. The predicted molar refractivity (Wildman–Crippen MR) is 63.1 cm³/mol. The molecule has 2 heteroatoms. The molecule has 2 atom stereocenters. The number of likely N-dealkylation sites (N-methyl/N-ethyl adjacent to an activating group) is 1. The van der Waals surface area contributed by atoms with E-state index in [-0.39, 0.29) is 5.92 Å². The van der Waals surface area contributed by atoms with Crippen molar-refractivity contribution in [1.29, 1.82) is 0 Å². The highest BCUT2D eigenvalue weighted by molar-refractivity contribution is 5.61. The van der Waals surface area contributed by atoms with Gasteiger partial charge in [-0.1, -0.05) is 31.2 Å². The van der Waals surface area contributed by atoms with Crippen molar-refractivity contribution in [3.63, 3.8) is 0 Å².